The highest BCUT2D eigenvalue weighted by Crippen LogP contribution is 2.03. The third kappa shape index (κ3) is 3.14. The fourth-order valence-corrected chi connectivity index (χ4v) is 1.24. The van der Waals surface area contributed by atoms with Crippen LogP contribution in [0.4, 0.5) is 0 Å². The Morgan fingerprint density at radius 1 is 1.57 bits per heavy atom. The van der Waals surface area contributed by atoms with Crippen LogP contribution in [0.1, 0.15) is 19.3 Å². The number of aliphatic carboxylic acids is 1. The van der Waals surface area contributed by atoms with Crippen LogP contribution in [-0.2, 0) is 14.4 Å². The first-order chi connectivity index (χ1) is 6.59. The summed E-state index contributed by atoms with van der Waals surface area (Å²) in [4.78, 5) is 32.1. The number of rotatable bonds is 4. The molecule has 1 saturated heterocycles. The van der Waals surface area contributed by atoms with Crippen molar-refractivity contribution in [2.24, 2.45) is 0 Å². The minimum atomic E-state index is -0.912. The predicted octanol–water partition coefficient (Wildman–Crippen LogP) is -1.14. The van der Waals surface area contributed by atoms with Crippen LogP contribution in [0, 0.1) is 0 Å². The van der Waals surface area contributed by atoms with E-state index in [-0.39, 0.29) is 24.8 Å². The second kappa shape index (κ2) is 4.71. The van der Waals surface area contributed by atoms with Gasteiger partial charge in [0.2, 0.25) is 11.8 Å². The van der Waals surface area contributed by atoms with Gasteiger partial charge in [-0.2, -0.15) is 0 Å². The second-order valence-corrected chi connectivity index (χ2v) is 3.10. The summed E-state index contributed by atoms with van der Waals surface area (Å²) in [5, 5.41) is 13.3. The van der Waals surface area contributed by atoms with E-state index in [0.717, 1.165) is 0 Å². The Morgan fingerprint density at radius 2 is 2.29 bits per heavy atom. The van der Waals surface area contributed by atoms with E-state index in [4.69, 9.17) is 5.11 Å². The summed E-state index contributed by atoms with van der Waals surface area (Å²) in [5.41, 5.74) is 0. The highest BCUT2D eigenvalue weighted by Gasteiger charge is 2.25. The van der Waals surface area contributed by atoms with Gasteiger partial charge in [-0.05, 0) is 6.42 Å². The number of nitrogens with one attached hydrogen (secondary N) is 2. The molecule has 1 atom stereocenters. The van der Waals surface area contributed by atoms with Gasteiger partial charge in [0.15, 0.2) is 0 Å². The smallest absolute Gasteiger partial charge is 0.304 e. The lowest BCUT2D eigenvalue weighted by molar-refractivity contribution is -0.138. The van der Waals surface area contributed by atoms with Gasteiger partial charge in [-0.1, -0.05) is 0 Å². The average Bonchev–Trinajstić information content (AvgIpc) is 2.08. The molecule has 0 aromatic heterocycles. The number of hydrogen-bond acceptors (Lipinski definition) is 4. The highest BCUT2D eigenvalue weighted by molar-refractivity contribution is 6.00. The molecule has 1 unspecified atom stereocenters. The number of carbonyl (C=O) groups excluding carboxylic acids is 2. The van der Waals surface area contributed by atoms with Crippen molar-refractivity contribution < 1.29 is 19.5 Å². The molecule has 0 aliphatic carbocycles. The summed E-state index contributed by atoms with van der Waals surface area (Å²) in [7, 11) is 0. The Bertz CT molecular complexity index is 264. The molecule has 1 fully saturated rings. The van der Waals surface area contributed by atoms with Crippen LogP contribution in [0.15, 0.2) is 0 Å². The molecule has 0 aromatic rings. The Balaban J connectivity index is 2.27. The number of piperidine rings is 1. The van der Waals surface area contributed by atoms with E-state index in [2.05, 4.69) is 10.6 Å². The summed E-state index contributed by atoms with van der Waals surface area (Å²) < 4.78 is 0. The standard InChI is InChI=1S/C8H12N2O4/c11-6-2-1-5(8(14)10-6)9-4-3-7(12)13/h5,9H,1-4H2,(H,12,13)(H,10,11,14). The summed E-state index contributed by atoms with van der Waals surface area (Å²) >= 11 is 0. The lowest BCUT2D eigenvalue weighted by Crippen LogP contribution is -2.51. The van der Waals surface area contributed by atoms with Gasteiger partial charge in [-0.25, -0.2) is 0 Å². The van der Waals surface area contributed by atoms with Crippen molar-refractivity contribution in [3.8, 4) is 0 Å². The van der Waals surface area contributed by atoms with Crippen LogP contribution in [0.25, 0.3) is 0 Å². The largest absolute Gasteiger partial charge is 0.481 e. The molecule has 1 aliphatic heterocycles. The third-order valence-corrected chi connectivity index (χ3v) is 1.97. The van der Waals surface area contributed by atoms with Crippen molar-refractivity contribution in [1.82, 2.24) is 10.6 Å². The molecule has 2 amide bonds. The van der Waals surface area contributed by atoms with E-state index in [1.54, 1.807) is 0 Å². The molecule has 0 bridgehead atoms. The quantitative estimate of drug-likeness (QED) is 0.498. The highest BCUT2D eigenvalue weighted by atomic mass is 16.4. The van der Waals surface area contributed by atoms with Crippen molar-refractivity contribution in [3.05, 3.63) is 0 Å². The SMILES string of the molecule is O=C(O)CCNC1CCC(=O)NC1=O. The van der Waals surface area contributed by atoms with Crippen molar-refractivity contribution in [2.75, 3.05) is 6.54 Å². The average molecular weight is 200 g/mol. The molecule has 1 heterocycles. The lowest BCUT2D eigenvalue weighted by Gasteiger charge is -2.21. The Kier molecular flexibility index (Phi) is 3.58. The zero-order valence-corrected chi connectivity index (χ0v) is 7.58. The minimum Gasteiger partial charge on any atom is -0.481 e. The number of hydrogen-bond donors (Lipinski definition) is 3. The second-order valence-electron chi connectivity index (χ2n) is 3.10. The lowest BCUT2D eigenvalue weighted by atomic mass is 10.1. The molecular formula is C8H12N2O4. The first-order valence-electron chi connectivity index (χ1n) is 4.38. The maximum atomic E-state index is 11.1. The number of amides is 2. The van der Waals surface area contributed by atoms with Gasteiger partial charge in [0.25, 0.3) is 0 Å². The molecule has 1 rings (SSSR count). The van der Waals surface area contributed by atoms with Gasteiger partial charge in [0.05, 0.1) is 12.5 Å². The minimum absolute atomic E-state index is 0.0300. The molecule has 6 heteroatoms. The van der Waals surface area contributed by atoms with Crippen LogP contribution in [-0.4, -0.2) is 35.5 Å². The third-order valence-electron chi connectivity index (χ3n) is 1.97. The zero-order valence-electron chi connectivity index (χ0n) is 7.58. The fourth-order valence-electron chi connectivity index (χ4n) is 1.24. The van der Waals surface area contributed by atoms with Crippen LogP contribution in [0.2, 0.25) is 0 Å². The zero-order chi connectivity index (χ0) is 10.6. The monoisotopic (exact) mass is 200 g/mol. The summed E-state index contributed by atoms with van der Waals surface area (Å²) in [5.74, 6) is -1.55. The summed E-state index contributed by atoms with van der Waals surface area (Å²) in [6.45, 7) is 0.238. The van der Waals surface area contributed by atoms with E-state index >= 15 is 0 Å². The van der Waals surface area contributed by atoms with Gasteiger partial charge in [0, 0.05) is 13.0 Å². The predicted molar refractivity (Wildman–Crippen MR) is 46.4 cm³/mol. The van der Waals surface area contributed by atoms with Gasteiger partial charge >= 0.3 is 5.97 Å². The van der Waals surface area contributed by atoms with Crippen LogP contribution < -0.4 is 10.6 Å². The normalized spacial score (nSPS) is 21.9. The molecule has 0 aromatic carbocycles. The van der Waals surface area contributed by atoms with E-state index in [9.17, 15) is 14.4 Å². The Labute approximate surface area is 80.7 Å². The molecule has 6 nitrogen and oxygen atoms in total. The van der Waals surface area contributed by atoms with Crippen LogP contribution in [0.3, 0.4) is 0 Å². The first kappa shape index (κ1) is 10.6. The number of carboxylic acid groups (broad SMARTS) is 1. The fraction of sp³-hybridized carbons (Fsp3) is 0.625. The number of imide groups is 1. The summed E-state index contributed by atoms with van der Waals surface area (Å²) in [6.07, 6.45) is 0.707. The maximum absolute atomic E-state index is 11.1. The molecule has 0 saturated carbocycles. The Morgan fingerprint density at radius 3 is 2.86 bits per heavy atom. The Hall–Kier alpha value is -1.43. The van der Waals surface area contributed by atoms with Gasteiger partial charge in [-0.3, -0.25) is 19.7 Å². The number of carbonyl (C=O) groups is 3. The number of carboxylic acids is 1. The molecule has 0 spiro atoms. The van der Waals surface area contributed by atoms with Gasteiger partial charge < -0.3 is 10.4 Å². The molecule has 1 aliphatic rings. The molecular weight excluding hydrogens is 188 g/mol. The molecule has 3 N–H and O–H groups in total. The topological polar surface area (TPSA) is 95.5 Å². The first-order valence-corrected chi connectivity index (χ1v) is 4.38. The van der Waals surface area contributed by atoms with E-state index in [1.807, 2.05) is 0 Å². The molecule has 78 valence electrons. The van der Waals surface area contributed by atoms with Gasteiger partial charge in [-0.15, -0.1) is 0 Å². The van der Waals surface area contributed by atoms with E-state index < -0.39 is 12.0 Å². The van der Waals surface area contributed by atoms with Crippen molar-refractivity contribution in [3.63, 3.8) is 0 Å². The van der Waals surface area contributed by atoms with Crippen molar-refractivity contribution in [2.45, 2.75) is 25.3 Å². The summed E-state index contributed by atoms with van der Waals surface area (Å²) in [6, 6.07) is -0.438. The van der Waals surface area contributed by atoms with Gasteiger partial charge in [0.1, 0.15) is 0 Å². The van der Waals surface area contributed by atoms with E-state index in [0.29, 0.717) is 12.8 Å². The van der Waals surface area contributed by atoms with Crippen molar-refractivity contribution >= 4 is 17.8 Å². The van der Waals surface area contributed by atoms with Crippen LogP contribution >= 0.6 is 0 Å². The molecule has 14 heavy (non-hydrogen) atoms. The maximum Gasteiger partial charge on any atom is 0.304 e. The molecule has 0 radical (unpaired) electrons. The van der Waals surface area contributed by atoms with E-state index in [1.165, 1.54) is 0 Å². The van der Waals surface area contributed by atoms with Crippen molar-refractivity contribution in [1.29, 1.82) is 0 Å². The van der Waals surface area contributed by atoms with Crippen LogP contribution in [0.5, 0.6) is 0 Å².